The molecule has 0 atom stereocenters. The van der Waals surface area contributed by atoms with Crippen LogP contribution in [-0.4, -0.2) is 14.9 Å². The molecule has 0 radical (unpaired) electrons. The number of benzene rings is 2. The number of nitro groups is 1. The smallest absolute Gasteiger partial charge is 0.313 e. The average molecular weight is 259 g/mol. The van der Waals surface area contributed by atoms with Crippen molar-refractivity contribution >= 4 is 17.1 Å². The van der Waals surface area contributed by atoms with Gasteiger partial charge in [-0.15, -0.1) is 0 Å². The highest BCUT2D eigenvalue weighted by Gasteiger charge is 2.15. The molecule has 1 N–H and O–H groups in total. The molecule has 7 nitrogen and oxygen atoms in total. The molecule has 96 valence electrons. The molecule has 0 spiro atoms. The second-order valence-electron chi connectivity index (χ2n) is 3.64. The van der Waals surface area contributed by atoms with E-state index in [4.69, 9.17) is 0 Å². The van der Waals surface area contributed by atoms with E-state index in [9.17, 15) is 20.4 Å². The summed E-state index contributed by atoms with van der Waals surface area (Å²) in [6.07, 6.45) is 0. The van der Waals surface area contributed by atoms with Gasteiger partial charge in [0.05, 0.1) is 11.0 Å². The predicted molar refractivity (Wildman–Crippen MR) is 66.6 cm³/mol. The van der Waals surface area contributed by atoms with Crippen LogP contribution in [0.4, 0.5) is 17.1 Å². The third-order valence-electron chi connectivity index (χ3n) is 2.34. The number of para-hydroxylation sites is 1. The van der Waals surface area contributed by atoms with Crippen molar-refractivity contribution in [2.24, 2.45) is 5.11 Å². The van der Waals surface area contributed by atoms with Crippen LogP contribution in [0, 0.1) is 15.3 Å². The molecule has 2 aromatic rings. The molecular formula is C12H9N3O4. The fourth-order valence-electron chi connectivity index (χ4n) is 1.44. The van der Waals surface area contributed by atoms with Crippen LogP contribution in [0.3, 0.4) is 0 Å². The minimum absolute atomic E-state index is 0.0864. The third kappa shape index (κ3) is 2.83. The van der Waals surface area contributed by atoms with Crippen LogP contribution < -0.4 is 0 Å². The van der Waals surface area contributed by atoms with Crippen LogP contribution in [0.5, 0.6) is 5.75 Å². The molecule has 0 aliphatic rings. The summed E-state index contributed by atoms with van der Waals surface area (Å²) in [6, 6.07) is 11.7. The highest BCUT2D eigenvalue weighted by atomic mass is 16.6. The summed E-state index contributed by atoms with van der Waals surface area (Å²) in [5, 5.41) is 35.3. The van der Waals surface area contributed by atoms with E-state index < -0.39 is 16.4 Å². The molecule has 0 aliphatic heterocycles. The third-order valence-corrected chi connectivity index (χ3v) is 2.34. The molecule has 0 fully saturated rings. The first-order valence-corrected chi connectivity index (χ1v) is 5.29. The number of aromatic hydroxyl groups is 1. The summed E-state index contributed by atoms with van der Waals surface area (Å²) in [5.74, 6) is -0.471. The molecule has 7 heteroatoms. The number of hydrogen-bond acceptors (Lipinski definition) is 5. The van der Waals surface area contributed by atoms with Crippen LogP contribution in [0.1, 0.15) is 0 Å². The standard InChI is InChI=1S/C12H9N3O4/c16-12-7-6-9(8-11(12)15(18)19)13-14(17)10-4-2-1-3-5-10/h1-8,16H. The van der Waals surface area contributed by atoms with Crippen LogP contribution in [0.2, 0.25) is 0 Å². The van der Waals surface area contributed by atoms with Crippen LogP contribution in [0.15, 0.2) is 53.6 Å². The highest BCUT2D eigenvalue weighted by Crippen LogP contribution is 2.30. The van der Waals surface area contributed by atoms with Crippen LogP contribution in [0.25, 0.3) is 0 Å². The fraction of sp³-hybridized carbons (Fsp3) is 0. The van der Waals surface area contributed by atoms with E-state index in [1.165, 1.54) is 6.07 Å². The number of phenols is 1. The molecule has 0 heterocycles. The minimum Gasteiger partial charge on any atom is -0.594 e. The Labute approximate surface area is 107 Å². The van der Waals surface area contributed by atoms with Crippen molar-refractivity contribution in [1.29, 1.82) is 0 Å². The number of azo groups is 1. The lowest BCUT2D eigenvalue weighted by Gasteiger charge is -2.00. The molecule has 19 heavy (non-hydrogen) atoms. The van der Waals surface area contributed by atoms with E-state index in [0.717, 1.165) is 12.1 Å². The maximum Gasteiger partial charge on any atom is 0.313 e. The Morgan fingerprint density at radius 1 is 1.05 bits per heavy atom. The second-order valence-corrected chi connectivity index (χ2v) is 3.64. The quantitative estimate of drug-likeness (QED) is 0.395. The van der Waals surface area contributed by atoms with Gasteiger partial charge in [-0.1, -0.05) is 23.1 Å². The fourth-order valence-corrected chi connectivity index (χ4v) is 1.44. The Kier molecular flexibility index (Phi) is 3.37. The number of phenolic OH excluding ortho intramolecular Hbond substituents is 1. The van der Waals surface area contributed by atoms with Gasteiger partial charge >= 0.3 is 5.69 Å². The topological polar surface area (TPSA) is 102 Å². The Morgan fingerprint density at radius 2 is 1.74 bits per heavy atom. The van der Waals surface area contributed by atoms with Gasteiger partial charge < -0.3 is 10.3 Å². The van der Waals surface area contributed by atoms with Crippen LogP contribution >= 0.6 is 0 Å². The van der Waals surface area contributed by atoms with Crippen LogP contribution in [-0.2, 0) is 0 Å². The van der Waals surface area contributed by atoms with E-state index in [1.54, 1.807) is 30.3 Å². The van der Waals surface area contributed by atoms with Gasteiger partial charge in [-0.3, -0.25) is 10.1 Å². The first-order valence-electron chi connectivity index (χ1n) is 5.29. The summed E-state index contributed by atoms with van der Waals surface area (Å²) >= 11 is 0. The molecule has 0 saturated carbocycles. The van der Waals surface area contributed by atoms with Crippen molar-refractivity contribution in [2.75, 3.05) is 0 Å². The maximum absolute atomic E-state index is 11.7. The summed E-state index contributed by atoms with van der Waals surface area (Å²) < 4.78 is 0. The average Bonchev–Trinajstić information content (AvgIpc) is 2.41. The van der Waals surface area contributed by atoms with E-state index in [0.29, 0.717) is 10.5 Å². The van der Waals surface area contributed by atoms with Gasteiger partial charge in [-0.05, 0) is 12.1 Å². The monoisotopic (exact) mass is 259 g/mol. The summed E-state index contributed by atoms with van der Waals surface area (Å²) in [7, 11) is 0. The molecule has 0 aliphatic carbocycles. The van der Waals surface area contributed by atoms with Crippen molar-refractivity contribution < 1.29 is 14.9 Å². The second kappa shape index (κ2) is 5.13. The SMILES string of the molecule is O=[N+]([O-])c1cc(N=[N+]([O-])c2ccccc2)ccc1O. The minimum atomic E-state index is -0.744. The summed E-state index contributed by atoms with van der Waals surface area (Å²) in [4.78, 5) is 10.3. The van der Waals surface area contributed by atoms with Gasteiger partial charge in [0.2, 0.25) is 5.69 Å². The molecule has 0 saturated heterocycles. The zero-order chi connectivity index (χ0) is 13.8. The zero-order valence-corrected chi connectivity index (χ0v) is 9.63. The van der Waals surface area contributed by atoms with E-state index >= 15 is 0 Å². The lowest BCUT2D eigenvalue weighted by atomic mass is 10.2. The largest absolute Gasteiger partial charge is 0.594 e. The van der Waals surface area contributed by atoms with Crippen molar-refractivity contribution in [2.45, 2.75) is 0 Å². The molecule has 0 unspecified atom stereocenters. The van der Waals surface area contributed by atoms with Gasteiger partial charge in [0.25, 0.3) is 0 Å². The number of rotatable bonds is 3. The van der Waals surface area contributed by atoms with E-state index in [1.807, 2.05) is 0 Å². The molecule has 0 bridgehead atoms. The Balaban J connectivity index is 2.38. The van der Waals surface area contributed by atoms with E-state index in [-0.39, 0.29) is 5.69 Å². The Hall–Kier alpha value is -2.96. The molecule has 2 aromatic carbocycles. The summed E-state index contributed by atoms with van der Waals surface area (Å²) in [5.41, 5.74) is -0.107. The van der Waals surface area contributed by atoms with Gasteiger partial charge in [0, 0.05) is 17.2 Å². The normalized spacial score (nSPS) is 11.3. The Morgan fingerprint density at radius 3 is 2.37 bits per heavy atom. The number of hydrogen-bond donors (Lipinski definition) is 1. The van der Waals surface area contributed by atoms with Gasteiger partial charge in [0.15, 0.2) is 5.75 Å². The first-order chi connectivity index (χ1) is 9.08. The zero-order valence-electron chi connectivity index (χ0n) is 9.63. The number of nitro benzene ring substituents is 1. The van der Waals surface area contributed by atoms with E-state index in [2.05, 4.69) is 5.11 Å². The van der Waals surface area contributed by atoms with Gasteiger partial charge in [0.1, 0.15) is 5.69 Å². The highest BCUT2D eigenvalue weighted by molar-refractivity contribution is 5.54. The maximum atomic E-state index is 11.7. The Bertz CT molecular complexity index is 641. The molecule has 0 aromatic heterocycles. The van der Waals surface area contributed by atoms with Gasteiger partial charge in [-0.2, -0.15) is 0 Å². The summed E-state index contributed by atoms with van der Waals surface area (Å²) in [6.45, 7) is 0. The lowest BCUT2D eigenvalue weighted by Crippen LogP contribution is -1.91. The number of nitrogens with zero attached hydrogens (tertiary/aromatic N) is 3. The molecule has 0 amide bonds. The van der Waals surface area contributed by atoms with Crippen molar-refractivity contribution in [3.05, 3.63) is 63.9 Å². The predicted octanol–water partition coefficient (Wildman–Crippen LogP) is 3.23. The molecule has 2 rings (SSSR count). The lowest BCUT2D eigenvalue weighted by molar-refractivity contribution is -0.435. The van der Waals surface area contributed by atoms with Crippen molar-refractivity contribution in [1.82, 2.24) is 0 Å². The van der Waals surface area contributed by atoms with Crippen molar-refractivity contribution in [3.63, 3.8) is 0 Å². The van der Waals surface area contributed by atoms with Gasteiger partial charge in [-0.25, -0.2) is 0 Å². The molecular weight excluding hydrogens is 250 g/mol. The van der Waals surface area contributed by atoms with Crippen molar-refractivity contribution in [3.8, 4) is 5.75 Å². The first kappa shape index (κ1) is 12.5.